The van der Waals surface area contributed by atoms with E-state index < -0.39 is 0 Å². The first kappa shape index (κ1) is 41.2. The van der Waals surface area contributed by atoms with Crippen LogP contribution in [0.2, 0.25) is 0 Å². The minimum absolute atomic E-state index is 0. The van der Waals surface area contributed by atoms with Gasteiger partial charge in [0.05, 0.1) is 0 Å². The van der Waals surface area contributed by atoms with Gasteiger partial charge in [0.2, 0.25) is 0 Å². The summed E-state index contributed by atoms with van der Waals surface area (Å²) >= 11 is 0. The standard InChI is InChI=1S/Al.Au.FH.Li.4H/h;;1H;;;;;. The molecule has 0 spiro atoms. The van der Waals surface area contributed by atoms with Gasteiger partial charge in [0.25, 0.3) is 0 Å². The van der Waals surface area contributed by atoms with E-state index in [0.717, 1.165) is 0 Å². The molecule has 1 radical (unpaired) electrons. The summed E-state index contributed by atoms with van der Waals surface area (Å²) in [4.78, 5) is 0. The summed E-state index contributed by atoms with van der Waals surface area (Å²) in [7, 11) is 0. The first-order valence-electron chi connectivity index (χ1n) is 0. The molecule has 0 atom stereocenters. The first-order chi connectivity index (χ1) is 0. The molecule has 0 rings (SSSR count). The molecule has 0 aliphatic heterocycles. The van der Waals surface area contributed by atoms with Crippen molar-refractivity contribution < 1.29 is 27.1 Å². The molecular formula is H5AlAuFLi. The second-order valence-corrected chi connectivity index (χ2v) is 0. The zero-order chi connectivity index (χ0) is 0. The quantitative estimate of drug-likeness (QED) is 0.453. The molecule has 0 aliphatic carbocycles. The van der Waals surface area contributed by atoms with Gasteiger partial charge in [0, 0.05) is 22.4 Å². The van der Waals surface area contributed by atoms with Gasteiger partial charge in [-0.1, -0.05) is 0 Å². The molecule has 0 aromatic rings. The summed E-state index contributed by atoms with van der Waals surface area (Å²) in [5.74, 6) is 0. The van der Waals surface area contributed by atoms with Crippen molar-refractivity contribution in [1.29, 1.82) is 0 Å². The van der Waals surface area contributed by atoms with Gasteiger partial charge in [-0.25, -0.2) is 0 Å². The van der Waals surface area contributed by atoms with Gasteiger partial charge < -0.3 is 0 Å². The molecule has 0 fully saturated rings. The molecule has 0 aliphatic rings. The third-order valence-corrected chi connectivity index (χ3v) is 0. The van der Waals surface area contributed by atoms with E-state index in [2.05, 4.69) is 0 Å². The fourth-order valence-electron chi connectivity index (χ4n) is 0. The summed E-state index contributed by atoms with van der Waals surface area (Å²) < 4.78 is 0. The van der Waals surface area contributed by atoms with Crippen molar-refractivity contribution >= 4 is 36.2 Å². The number of hydrogen-bond donors (Lipinski definition) is 0. The second-order valence-electron chi connectivity index (χ2n) is 0. The van der Waals surface area contributed by atoms with Crippen molar-refractivity contribution in [3.63, 3.8) is 0 Å². The van der Waals surface area contributed by atoms with Crippen molar-refractivity contribution in [3.8, 4) is 0 Å². The van der Waals surface area contributed by atoms with E-state index >= 15 is 0 Å². The maximum absolute atomic E-state index is 0. The molecule has 0 amide bonds. The zero-order valence-electron chi connectivity index (χ0n) is 0.710. The van der Waals surface area contributed by atoms with Crippen LogP contribution >= 0.6 is 0 Å². The molecule has 0 unspecified atom stereocenters. The Balaban J connectivity index is 0. The monoisotopic (exact) mass is 255 g/mol. The van der Waals surface area contributed by atoms with Crippen molar-refractivity contribution in [2.75, 3.05) is 0 Å². The van der Waals surface area contributed by atoms with E-state index in [1.807, 2.05) is 0 Å². The second kappa shape index (κ2) is 21.4. The molecule has 0 aromatic carbocycles. The normalized spacial score (nSPS) is 0. The molecule has 0 saturated heterocycles. The van der Waals surface area contributed by atoms with Crippen LogP contribution in [0.1, 0.15) is 0 Å². The molecule has 4 heavy (non-hydrogen) atoms. The van der Waals surface area contributed by atoms with Crippen LogP contribution in [0.15, 0.2) is 0 Å². The number of halogens is 1. The Morgan fingerprint density at radius 1 is 1.00 bits per heavy atom. The van der Waals surface area contributed by atoms with Crippen LogP contribution in [0.25, 0.3) is 0 Å². The van der Waals surface area contributed by atoms with Crippen molar-refractivity contribution in [1.82, 2.24) is 0 Å². The molecule has 4 heteroatoms. The summed E-state index contributed by atoms with van der Waals surface area (Å²) in [5, 5.41) is 0. The third kappa shape index (κ3) is 9.19. The van der Waals surface area contributed by atoms with Crippen molar-refractivity contribution in [3.05, 3.63) is 0 Å². The van der Waals surface area contributed by atoms with Gasteiger partial charge >= 0.3 is 18.9 Å². The van der Waals surface area contributed by atoms with E-state index in [0.29, 0.717) is 0 Å². The number of hydrogen-bond acceptors (Lipinski definition) is 0. The van der Waals surface area contributed by atoms with Crippen LogP contribution in [-0.2, 0) is 22.4 Å². The Morgan fingerprint density at radius 3 is 1.00 bits per heavy atom. The van der Waals surface area contributed by atoms with Crippen LogP contribution in [0.4, 0.5) is 4.70 Å². The molecule has 0 aromatic heterocycles. The number of rotatable bonds is 0. The third-order valence-electron chi connectivity index (χ3n) is 0. The van der Waals surface area contributed by atoms with Gasteiger partial charge in [0.15, 0.2) is 17.4 Å². The van der Waals surface area contributed by atoms with Crippen LogP contribution in [0, 0.1) is 0 Å². The van der Waals surface area contributed by atoms with Crippen LogP contribution in [0.5, 0.6) is 0 Å². The van der Waals surface area contributed by atoms with Gasteiger partial charge in [-0.3, -0.25) is 4.70 Å². The first-order valence-corrected chi connectivity index (χ1v) is 0. The van der Waals surface area contributed by atoms with Gasteiger partial charge in [0.1, 0.15) is 0 Å². The SMILES string of the molecule is F.[AlH3].[Au].[LiH]. The molecule has 0 nitrogen and oxygen atoms in total. The van der Waals surface area contributed by atoms with E-state index in [-0.39, 0.29) is 63.3 Å². The zero-order valence-corrected chi connectivity index (χ0v) is 2.88. The average Bonchev–Trinajstić information content (AvgIpc) is 0. The van der Waals surface area contributed by atoms with E-state index in [1.54, 1.807) is 0 Å². The molecule has 0 heterocycles. The van der Waals surface area contributed by atoms with Crippen LogP contribution in [-0.4, -0.2) is 36.2 Å². The fraction of sp³-hybridized carbons (Fsp3) is 0. The molecule has 0 bridgehead atoms. The Morgan fingerprint density at radius 2 is 1.00 bits per heavy atom. The predicted molar refractivity (Wildman–Crippen MR) is 19.6 cm³/mol. The Labute approximate surface area is 62.9 Å². The van der Waals surface area contributed by atoms with E-state index in [9.17, 15) is 0 Å². The fourth-order valence-corrected chi connectivity index (χ4v) is 0. The van der Waals surface area contributed by atoms with Crippen LogP contribution in [0.3, 0.4) is 0 Å². The van der Waals surface area contributed by atoms with E-state index in [1.165, 1.54) is 0 Å². The van der Waals surface area contributed by atoms with Gasteiger partial charge in [-0.05, 0) is 0 Å². The van der Waals surface area contributed by atoms with Gasteiger partial charge in [-0.2, -0.15) is 0 Å². The topological polar surface area (TPSA) is 0 Å². The Kier molecular flexibility index (Phi) is 221. The Bertz CT molecular complexity index is 8.00. The molecule has 27 valence electrons. The Hall–Kier alpha value is 1.80. The molecule has 0 saturated carbocycles. The molecule has 0 N–H and O–H groups in total. The summed E-state index contributed by atoms with van der Waals surface area (Å²) in [6.45, 7) is 0. The average molecular weight is 255 g/mol. The van der Waals surface area contributed by atoms with Crippen molar-refractivity contribution in [2.24, 2.45) is 0 Å². The van der Waals surface area contributed by atoms with E-state index in [4.69, 9.17) is 0 Å². The summed E-state index contributed by atoms with van der Waals surface area (Å²) in [6.07, 6.45) is 0. The van der Waals surface area contributed by atoms with Gasteiger partial charge in [-0.15, -0.1) is 0 Å². The van der Waals surface area contributed by atoms with Crippen LogP contribution < -0.4 is 0 Å². The molecular weight excluding hydrogens is 250 g/mol. The minimum atomic E-state index is 0. The summed E-state index contributed by atoms with van der Waals surface area (Å²) in [5.41, 5.74) is 0. The summed E-state index contributed by atoms with van der Waals surface area (Å²) in [6, 6.07) is 0. The maximum atomic E-state index is 0. The predicted octanol–water partition coefficient (Wildman–Crippen LogP) is -1.68. The van der Waals surface area contributed by atoms with Crippen molar-refractivity contribution in [2.45, 2.75) is 0 Å².